The van der Waals surface area contributed by atoms with Crippen molar-refractivity contribution in [1.82, 2.24) is 9.97 Å². The van der Waals surface area contributed by atoms with Crippen LogP contribution in [0.1, 0.15) is 11.1 Å². The molecular formula is C21H19N5O3S. The van der Waals surface area contributed by atoms with E-state index in [-0.39, 0.29) is 11.7 Å². The molecular weight excluding hydrogens is 402 g/mol. The smallest absolute Gasteiger partial charge is 0.274 e. The molecule has 0 spiro atoms. The molecule has 1 aromatic carbocycles. The van der Waals surface area contributed by atoms with Crippen LogP contribution in [0.3, 0.4) is 0 Å². The normalized spacial score (nSPS) is 13.2. The molecule has 0 aliphatic carbocycles. The molecule has 3 heterocycles. The molecule has 2 N–H and O–H groups in total. The predicted octanol–water partition coefficient (Wildman–Crippen LogP) is 2.50. The molecule has 1 aliphatic rings. The number of sulfonamides is 1. The third-order valence-corrected chi connectivity index (χ3v) is 5.12. The molecule has 9 heteroatoms. The van der Waals surface area contributed by atoms with E-state index in [2.05, 4.69) is 25.0 Å². The number of pyridine rings is 2. The lowest BCUT2D eigenvalue weighted by atomic mass is 9.93. The maximum Gasteiger partial charge on any atom is 0.274 e. The number of nitrogens with one attached hydrogen (secondary N) is 2. The van der Waals surface area contributed by atoms with E-state index in [4.69, 9.17) is 0 Å². The zero-order chi connectivity index (χ0) is 21.1. The number of hydrogen-bond acceptors (Lipinski definition) is 6. The van der Waals surface area contributed by atoms with Gasteiger partial charge in [-0.15, -0.1) is 0 Å². The van der Waals surface area contributed by atoms with Crippen LogP contribution in [-0.2, 0) is 21.2 Å². The number of carbonyl (C=O) groups excluding carboxylic acids is 1. The Hall–Kier alpha value is -3.59. The van der Waals surface area contributed by atoms with Crippen LogP contribution < -0.4 is 10.0 Å². The van der Waals surface area contributed by atoms with Crippen LogP contribution in [0.15, 0.2) is 66.0 Å². The van der Waals surface area contributed by atoms with Crippen molar-refractivity contribution in [2.45, 2.75) is 6.42 Å². The molecule has 2 aromatic heterocycles. The van der Waals surface area contributed by atoms with Gasteiger partial charge in [-0.2, -0.15) is 0 Å². The number of carbonyl (C=O) groups is 1. The SMILES string of the molecule is CS(=O)(=O)Nc1ccc(NC(=O)C2=NCCc3ccc(-c4cccnc4)cc32)cn1. The average Bonchev–Trinajstić information content (AvgIpc) is 2.74. The molecule has 4 rings (SSSR count). The quantitative estimate of drug-likeness (QED) is 0.657. The number of amides is 1. The Morgan fingerprint density at radius 1 is 1.07 bits per heavy atom. The fourth-order valence-corrected chi connectivity index (χ4v) is 3.70. The summed E-state index contributed by atoms with van der Waals surface area (Å²) in [6.45, 7) is 0.539. The highest BCUT2D eigenvalue weighted by molar-refractivity contribution is 7.92. The van der Waals surface area contributed by atoms with E-state index >= 15 is 0 Å². The maximum atomic E-state index is 12.9. The summed E-state index contributed by atoms with van der Waals surface area (Å²) >= 11 is 0. The first-order valence-electron chi connectivity index (χ1n) is 9.22. The van der Waals surface area contributed by atoms with Crippen LogP contribution in [0, 0.1) is 0 Å². The van der Waals surface area contributed by atoms with Crippen molar-refractivity contribution in [2.24, 2.45) is 4.99 Å². The Bertz CT molecular complexity index is 1220. The molecule has 0 bridgehead atoms. The van der Waals surface area contributed by atoms with E-state index in [0.717, 1.165) is 34.9 Å². The molecule has 152 valence electrons. The van der Waals surface area contributed by atoms with E-state index < -0.39 is 10.0 Å². The molecule has 1 amide bonds. The minimum atomic E-state index is -3.41. The summed E-state index contributed by atoms with van der Waals surface area (Å²) in [6, 6.07) is 12.9. The molecule has 0 radical (unpaired) electrons. The van der Waals surface area contributed by atoms with Crippen LogP contribution in [0.2, 0.25) is 0 Å². The van der Waals surface area contributed by atoms with E-state index in [9.17, 15) is 13.2 Å². The van der Waals surface area contributed by atoms with Crippen molar-refractivity contribution in [3.05, 3.63) is 72.2 Å². The second kappa shape index (κ2) is 8.03. The van der Waals surface area contributed by atoms with Gasteiger partial charge in [-0.1, -0.05) is 18.2 Å². The maximum absolute atomic E-state index is 12.9. The van der Waals surface area contributed by atoms with Crippen LogP contribution in [-0.4, -0.2) is 42.8 Å². The van der Waals surface area contributed by atoms with Gasteiger partial charge in [-0.05, 0) is 41.8 Å². The Morgan fingerprint density at radius 2 is 1.93 bits per heavy atom. The first-order valence-corrected chi connectivity index (χ1v) is 11.1. The lowest BCUT2D eigenvalue weighted by Crippen LogP contribution is -2.28. The lowest BCUT2D eigenvalue weighted by molar-refractivity contribution is -0.110. The van der Waals surface area contributed by atoms with Gasteiger partial charge in [0, 0.05) is 30.1 Å². The van der Waals surface area contributed by atoms with Gasteiger partial charge in [0.25, 0.3) is 5.91 Å². The topological polar surface area (TPSA) is 113 Å². The Morgan fingerprint density at radius 3 is 2.63 bits per heavy atom. The van der Waals surface area contributed by atoms with Crippen LogP contribution in [0.5, 0.6) is 0 Å². The van der Waals surface area contributed by atoms with Gasteiger partial charge < -0.3 is 5.32 Å². The second-order valence-electron chi connectivity index (χ2n) is 6.85. The number of aromatic nitrogens is 2. The zero-order valence-electron chi connectivity index (χ0n) is 16.2. The van der Waals surface area contributed by atoms with E-state index in [1.165, 1.54) is 12.3 Å². The van der Waals surface area contributed by atoms with Gasteiger partial charge in [0.2, 0.25) is 10.0 Å². The number of rotatable bonds is 5. The fraction of sp³-hybridized carbons (Fsp3) is 0.143. The largest absolute Gasteiger partial charge is 0.319 e. The summed E-state index contributed by atoms with van der Waals surface area (Å²) in [6.07, 6.45) is 6.70. The Balaban J connectivity index is 1.56. The summed E-state index contributed by atoms with van der Waals surface area (Å²) < 4.78 is 24.8. The molecule has 0 atom stereocenters. The number of anilines is 2. The number of aliphatic imine (C=N–C) groups is 1. The number of benzene rings is 1. The highest BCUT2D eigenvalue weighted by Crippen LogP contribution is 2.25. The second-order valence-corrected chi connectivity index (χ2v) is 8.60. The van der Waals surface area contributed by atoms with Crippen molar-refractivity contribution in [3.8, 4) is 11.1 Å². The summed E-state index contributed by atoms with van der Waals surface area (Å²) in [5.74, 6) is -0.165. The summed E-state index contributed by atoms with van der Waals surface area (Å²) in [5, 5.41) is 2.78. The number of fused-ring (bicyclic) bond motifs is 1. The average molecular weight is 421 g/mol. The first-order chi connectivity index (χ1) is 14.4. The van der Waals surface area contributed by atoms with Gasteiger partial charge >= 0.3 is 0 Å². The summed E-state index contributed by atoms with van der Waals surface area (Å²) in [7, 11) is -3.41. The molecule has 0 saturated carbocycles. The van der Waals surface area contributed by atoms with Crippen molar-refractivity contribution >= 4 is 33.1 Å². The first kappa shape index (κ1) is 19.7. The predicted molar refractivity (Wildman–Crippen MR) is 116 cm³/mol. The lowest BCUT2D eigenvalue weighted by Gasteiger charge is -2.18. The molecule has 0 saturated heterocycles. The van der Waals surface area contributed by atoms with Gasteiger partial charge in [-0.25, -0.2) is 13.4 Å². The minimum absolute atomic E-state index is 0.178. The van der Waals surface area contributed by atoms with Crippen molar-refractivity contribution in [3.63, 3.8) is 0 Å². The highest BCUT2D eigenvalue weighted by Gasteiger charge is 2.21. The number of nitrogens with zero attached hydrogens (tertiary/aromatic N) is 3. The minimum Gasteiger partial charge on any atom is -0.319 e. The van der Waals surface area contributed by atoms with Crippen molar-refractivity contribution in [2.75, 3.05) is 22.8 Å². The monoisotopic (exact) mass is 421 g/mol. The Labute approximate surface area is 174 Å². The van der Waals surface area contributed by atoms with Crippen LogP contribution in [0.25, 0.3) is 11.1 Å². The van der Waals surface area contributed by atoms with Gasteiger partial charge in [0.1, 0.15) is 11.5 Å². The van der Waals surface area contributed by atoms with E-state index in [1.54, 1.807) is 18.5 Å². The molecule has 0 unspecified atom stereocenters. The van der Waals surface area contributed by atoms with Crippen molar-refractivity contribution < 1.29 is 13.2 Å². The molecule has 1 aliphatic heterocycles. The van der Waals surface area contributed by atoms with E-state index in [1.807, 2.05) is 30.3 Å². The molecule has 30 heavy (non-hydrogen) atoms. The van der Waals surface area contributed by atoms with Crippen LogP contribution >= 0.6 is 0 Å². The van der Waals surface area contributed by atoms with Gasteiger partial charge in [-0.3, -0.25) is 19.5 Å². The third-order valence-electron chi connectivity index (χ3n) is 4.54. The standard InChI is InChI=1S/C21H19N5O3S/c1-30(28,29)26-19-7-6-17(13-24-19)25-21(27)20-18-11-15(16-3-2-9-22-12-16)5-4-14(18)8-10-23-20/h2-7,9,11-13H,8,10H2,1H3,(H,24,26)(H,25,27). The molecule has 0 fully saturated rings. The highest BCUT2D eigenvalue weighted by atomic mass is 32.2. The number of hydrogen-bond donors (Lipinski definition) is 2. The fourth-order valence-electron chi connectivity index (χ4n) is 3.20. The molecule has 3 aromatic rings. The summed E-state index contributed by atoms with van der Waals surface area (Å²) in [4.78, 5) is 25.5. The van der Waals surface area contributed by atoms with Crippen LogP contribution in [0.4, 0.5) is 11.5 Å². The van der Waals surface area contributed by atoms with Gasteiger partial charge in [0.15, 0.2) is 0 Å². The van der Waals surface area contributed by atoms with E-state index in [0.29, 0.717) is 17.9 Å². The Kier molecular flexibility index (Phi) is 5.28. The molecule has 8 nitrogen and oxygen atoms in total. The zero-order valence-corrected chi connectivity index (χ0v) is 17.0. The third kappa shape index (κ3) is 4.52. The van der Waals surface area contributed by atoms with Crippen molar-refractivity contribution in [1.29, 1.82) is 0 Å². The van der Waals surface area contributed by atoms with Gasteiger partial charge in [0.05, 0.1) is 18.1 Å². The summed E-state index contributed by atoms with van der Waals surface area (Å²) in [5.41, 5.74) is 4.58.